The molecule has 0 N–H and O–H groups in total. The van der Waals surface area contributed by atoms with Gasteiger partial charge >= 0.3 is 0 Å². The first-order chi connectivity index (χ1) is 10.2. The van der Waals surface area contributed by atoms with Crippen LogP contribution in [0, 0.1) is 6.92 Å². The molecule has 0 bridgehead atoms. The van der Waals surface area contributed by atoms with Gasteiger partial charge in [0.15, 0.2) is 0 Å². The monoisotopic (exact) mass is 281 g/mol. The van der Waals surface area contributed by atoms with Crippen molar-refractivity contribution in [1.82, 2.24) is 9.88 Å². The number of piperazine rings is 1. The number of amides is 1. The van der Waals surface area contributed by atoms with E-state index in [1.807, 2.05) is 11.0 Å². The molecule has 1 fully saturated rings. The van der Waals surface area contributed by atoms with Crippen molar-refractivity contribution in [1.29, 1.82) is 0 Å². The van der Waals surface area contributed by atoms with Gasteiger partial charge in [-0.1, -0.05) is 12.1 Å². The zero-order chi connectivity index (χ0) is 14.7. The number of nitrogens with zero attached hydrogens (tertiary/aromatic N) is 3. The van der Waals surface area contributed by atoms with Gasteiger partial charge in [-0.05, 0) is 36.8 Å². The fourth-order valence-electron chi connectivity index (χ4n) is 2.66. The number of benzene rings is 1. The molecule has 4 heteroatoms. The molecule has 1 aliphatic heterocycles. The predicted molar refractivity (Wildman–Crippen MR) is 83.5 cm³/mol. The summed E-state index contributed by atoms with van der Waals surface area (Å²) in [5.41, 5.74) is 3.17. The highest BCUT2D eigenvalue weighted by molar-refractivity contribution is 5.94. The molecule has 2 heterocycles. The van der Waals surface area contributed by atoms with Gasteiger partial charge in [-0.2, -0.15) is 0 Å². The first-order valence-electron chi connectivity index (χ1n) is 7.25. The summed E-state index contributed by atoms with van der Waals surface area (Å²) < 4.78 is 0. The molecule has 1 amide bonds. The number of aryl methyl sites for hydroxylation is 1. The molecule has 0 unspecified atom stereocenters. The third-order valence-corrected chi connectivity index (χ3v) is 3.84. The van der Waals surface area contributed by atoms with E-state index >= 15 is 0 Å². The lowest BCUT2D eigenvalue weighted by Gasteiger charge is -2.36. The maximum atomic E-state index is 12.4. The summed E-state index contributed by atoms with van der Waals surface area (Å²) in [6.45, 7) is 5.35. The molecule has 0 spiro atoms. The van der Waals surface area contributed by atoms with Crippen molar-refractivity contribution in [2.75, 3.05) is 31.1 Å². The Bertz CT molecular complexity index is 619. The summed E-state index contributed by atoms with van der Waals surface area (Å²) in [6, 6.07) is 12.1. The maximum absolute atomic E-state index is 12.4. The van der Waals surface area contributed by atoms with E-state index < -0.39 is 0 Å². The molecule has 2 aromatic rings. The second-order valence-electron chi connectivity index (χ2n) is 5.36. The molecule has 108 valence electrons. The Balaban J connectivity index is 1.64. The number of hydrogen-bond donors (Lipinski definition) is 0. The topological polar surface area (TPSA) is 36.4 Å². The molecule has 3 rings (SSSR count). The lowest BCUT2D eigenvalue weighted by molar-refractivity contribution is 0.0746. The molecule has 1 aromatic heterocycles. The number of carbonyl (C=O) groups is 1. The highest BCUT2D eigenvalue weighted by Gasteiger charge is 2.22. The second-order valence-corrected chi connectivity index (χ2v) is 5.36. The molecule has 21 heavy (non-hydrogen) atoms. The lowest BCUT2D eigenvalue weighted by Crippen LogP contribution is -2.48. The van der Waals surface area contributed by atoms with Gasteiger partial charge in [-0.25, -0.2) is 0 Å². The van der Waals surface area contributed by atoms with E-state index in [-0.39, 0.29) is 5.91 Å². The number of rotatable bonds is 2. The van der Waals surface area contributed by atoms with E-state index in [1.165, 1.54) is 11.3 Å². The summed E-state index contributed by atoms with van der Waals surface area (Å²) in [7, 11) is 0. The van der Waals surface area contributed by atoms with Crippen LogP contribution < -0.4 is 4.90 Å². The van der Waals surface area contributed by atoms with Crippen LogP contribution in [0.3, 0.4) is 0 Å². The maximum Gasteiger partial charge on any atom is 0.255 e. The smallest absolute Gasteiger partial charge is 0.255 e. The van der Waals surface area contributed by atoms with Crippen molar-refractivity contribution in [2.45, 2.75) is 6.92 Å². The largest absolute Gasteiger partial charge is 0.368 e. The van der Waals surface area contributed by atoms with Crippen LogP contribution in [0.2, 0.25) is 0 Å². The Morgan fingerprint density at radius 3 is 2.57 bits per heavy atom. The van der Waals surface area contributed by atoms with Crippen LogP contribution in [0.4, 0.5) is 5.69 Å². The van der Waals surface area contributed by atoms with E-state index in [0.717, 1.165) is 26.2 Å². The van der Waals surface area contributed by atoms with E-state index in [4.69, 9.17) is 0 Å². The fraction of sp³-hybridized carbons (Fsp3) is 0.294. The average molecular weight is 281 g/mol. The van der Waals surface area contributed by atoms with Crippen LogP contribution in [-0.2, 0) is 0 Å². The molecule has 0 radical (unpaired) electrons. The van der Waals surface area contributed by atoms with Gasteiger partial charge < -0.3 is 9.80 Å². The Labute approximate surface area is 125 Å². The second kappa shape index (κ2) is 5.95. The Morgan fingerprint density at radius 1 is 1.10 bits per heavy atom. The van der Waals surface area contributed by atoms with E-state index in [9.17, 15) is 4.79 Å². The molecule has 1 aliphatic rings. The van der Waals surface area contributed by atoms with Gasteiger partial charge in [0.05, 0.1) is 5.56 Å². The van der Waals surface area contributed by atoms with Gasteiger partial charge in [0.2, 0.25) is 0 Å². The van der Waals surface area contributed by atoms with Crippen LogP contribution in [0.1, 0.15) is 15.9 Å². The van der Waals surface area contributed by atoms with Crippen molar-refractivity contribution < 1.29 is 4.79 Å². The highest BCUT2D eigenvalue weighted by atomic mass is 16.2. The third-order valence-electron chi connectivity index (χ3n) is 3.84. The summed E-state index contributed by atoms with van der Waals surface area (Å²) >= 11 is 0. The van der Waals surface area contributed by atoms with Crippen LogP contribution >= 0.6 is 0 Å². The summed E-state index contributed by atoms with van der Waals surface area (Å²) in [6.07, 6.45) is 3.32. The minimum atomic E-state index is 0.0759. The number of aromatic nitrogens is 1. The molecule has 0 aliphatic carbocycles. The van der Waals surface area contributed by atoms with Gasteiger partial charge in [0.1, 0.15) is 0 Å². The number of hydrogen-bond acceptors (Lipinski definition) is 3. The van der Waals surface area contributed by atoms with Crippen LogP contribution in [0.5, 0.6) is 0 Å². The third kappa shape index (κ3) is 3.05. The van der Waals surface area contributed by atoms with Crippen molar-refractivity contribution >= 4 is 11.6 Å². The summed E-state index contributed by atoms with van der Waals surface area (Å²) in [5, 5.41) is 0. The van der Waals surface area contributed by atoms with E-state index in [0.29, 0.717) is 5.56 Å². The molecule has 0 saturated carbocycles. The first-order valence-corrected chi connectivity index (χ1v) is 7.25. The highest BCUT2D eigenvalue weighted by Crippen LogP contribution is 2.18. The minimum absolute atomic E-state index is 0.0759. The quantitative estimate of drug-likeness (QED) is 0.848. The van der Waals surface area contributed by atoms with E-state index in [2.05, 4.69) is 41.1 Å². The van der Waals surface area contributed by atoms with E-state index in [1.54, 1.807) is 18.5 Å². The molecular weight excluding hydrogens is 262 g/mol. The van der Waals surface area contributed by atoms with Crippen molar-refractivity contribution in [3.8, 4) is 0 Å². The molecular formula is C17H19N3O. The first kappa shape index (κ1) is 13.6. The van der Waals surface area contributed by atoms with Crippen LogP contribution in [0.15, 0.2) is 48.8 Å². The predicted octanol–water partition coefficient (Wildman–Crippen LogP) is 2.35. The van der Waals surface area contributed by atoms with Crippen LogP contribution in [-0.4, -0.2) is 42.0 Å². The zero-order valence-corrected chi connectivity index (χ0v) is 12.2. The molecule has 1 saturated heterocycles. The average Bonchev–Trinajstić information content (AvgIpc) is 2.55. The van der Waals surface area contributed by atoms with Crippen molar-refractivity contribution in [3.05, 3.63) is 59.9 Å². The number of pyridine rings is 1. The fourth-order valence-corrected chi connectivity index (χ4v) is 2.66. The Hall–Kier alpha value is -2.36. The molecule has 4 nitrogen and oxygen atoms in total. The SMILES string of the molecule is Cc1cccc(N2CCN(C(=O)c3cccnc3)CC2)c1. The van der Waals surface area contributed by atoms with Crippen molar-refractivity contribution in [2.24, 2.45) is 0 Å². The van der Waals surface area contributed by atoms with Crippen LogP contribution in [0.25, 0.3) is 0 Å². The summed E-state index contributed by atoms with van der Waals surface area (Å²) in [5.74, 6) is 0.0759. The minimum Gasteiger partial charge on any atom is -0.368 e. The molecule has 1 aromatic carbocycles. The van der Waals surface area contributed by atoms with Gasteiger partial charge in [-0.15, -0.1) is 0 Å². The van der Waals surface area contributed by atoms with Gasteiger partial charge in [0.25, 0.3) is 5.91 Å². The Kier molecular flexibility index (Phi) is 3.86. The zero-order valence-electron chi connectivity index (χ0n) is 12.2. The normalized spacial score (nSPS) is 15.1. The number of carbonyl (C=O) groups excluding carboxylic acids is 1. The lowest BCUT2D eigenvalue weighted by atomic mass is 10.1. The summed E-state index contributed by atoms with van der Waals surface area (Å²) in [4.78, 5) is 20.6. The standard InChI is InChI=1S/C17H19N3O/c1-14-4-2-6-16(12-14)19-8-10-20(11-9-19)17(21)15-5-3-7-18-13-15/h2-7,12-13H,8-11H2,1H3. The number of anilines is 1. The molecule has 0 atom stereocenters. The van der Waals surface area contributed by atoms with Crippen molar-refractivity contribution in [3.63, 3.8) is 0 Å². The Morgan fingerprint density at radius 2 is 1.90 bits per heavy atom. The van der Waals surface area contributed by atoms with Gasteiger partial charge in [0, 0.05) is 44.3 Å². The van der Waals surface area contributed by atoms with Gasteiger partial charge in [-0.3, -0.25) is 9.78 Å².